The molecule has 0 aliphatic rings. The number of carbonyl (C=O) groups is 2. The SMILES string of the molecule is CC/C=C\C/C=C\C/C=C\C/C=C\C/C=C\C/C=C\CCCCCCCCC(=O)OC(COC(=O)CCCCCCCCCCCCCCCCCCCCC/C=C\CCCCCCCCCC)COP(=O)(O)OCCN. The van der Waals surface area contributed by atoms with E-state index in [-0.39, 0.29) is 38.6 Å². The van der Waals surface area contributed by atoms with Crippen LogP contribution >= 0.6 is 7.82 Å². The number of ether oxygens (including phenoxy) is 2. The lowest BCUT2D eigenvalue weighted by atomic mass is 10.0. The Kier molecular flexibility index (Phi) is 60.1. The molecule has 2 atom stereocenters. The Labute approximate surface area is 474 Å². The van der Waals surface area contributed by atoms with Crippen LogP contribution in [-0.4, -0.2) is 49.3 Å². The van der Waals surface area contributed by atoms with E-state index in [9.17, 15) is 19.0 Å². The zero-order valence-electron chi connectivity index (χ0n) is 49.9. The fraction of sp³-hybridized carbons (Fsp3) is 0.761. The monoisotopic (exact) mass is 1100 g/mol. The van der Waals surface area contributed by atoms with Gasteiger partial charge in [0.2, 0.25) is 0 Å². The lowest BCUT2D eigenvalue weighted by Gasteiger charge is -2.19. The average Bonchev–Trinajstić information content (AvgIpc) is 3.42. The van der Waals surface area contributed by atoms with Crippen LogP contribution in [0.3, 0.4) is 0 Å². The predicted octanol–water partition coefficient (Wildman–Crippen LogP) is 20.6. The van der Waals surface area contributed by atoms with Gasteiger partial charge in [0.15, 0.2) is 6.10 Å². The van der Waals surface area contributed by atoms with Crippen molar-refractivity contribution >= 4 is 19.8 Å². The number of phosphoric acid groups is 1. The Morgan fingerprint density at radius 2 is 0.714 bits per heavy atom. The van der Waals surface area contributed by atoms with Gasteiger partial charge in [0.1, 0.15) is 6.61 Å². The zero-order chi connectivity index (χ0) is 55.9. The highest BCUT2D eigenvalue weighted by Gasteiger charge is 2.26. The summed E-state index contributed by atoms with van der Waals surface area (Å²) in [4.78, 5) is 35.3. The third kappa shape index (κ3) is 62.3. The largest absolute Gasteiger partial charge is 0.472 e. The van der Waals surface area contributed by atoms with Gasteiger partial charge in [-0.25, -0.2) is 4.57 Å². The van der Waals surface area contributed by atoms with Crippen molar-refractivity contribution in [2.75, 3.05) is 26.4 Å². The molecule has 0 heterocycles. The van der Waals surface area contributed by atoms with E-state index in [1.165, 1.54) is 167 Å². The summed E-state index contributed by atoms with van der Waals surface area (Å²) in [7, 11) is -4.40. The molecule has 0 saturated carbocycles. The number of esters is 2. The summed E-state index contributed by atoms with van der Waals surface area (Å²) < 4.78 is 33.1. The molecule has 9 nitrogen and oxygen atoms in total. The molecule has 2 unspecified atom stereocenters. The summed E-state index contributed by atoms with van der Waals surface area (Å²) in [6, 6.07) is 0. The summed E-state index contributed by atoms with van der Waals surface area (Å²) in [5, 5.41) is 0. The molecule has 0 bridgehead atoms. The molecule has 0 spiro atoms. The molecule has 0 aromatic rings. The molecule has 0 aromatic heterocycles. The van der Waals surface area contributed by atoms with Gasteiger partial charge in [-0.15, -0.1) is 0 Å². The second-order valence-corrected chi connectivity index (χ2v) is 22.7. The van der Waals surface area contributed by atoms with Crippen molar-refractivity contribution in [1.82, 2.24) is 0 Å². The van der Waals surface area contributed by atoms with Crippen LogP contribution in [0.25, 0.3) is 0 Å². The second kappa shape index (κ2) is 62.4. The first-order valence-corrected chi connectivity index (χ1v) is 33.6. The summed E-state index contributed by atoms with van der Waals surface area (Å²) >= 11 is 0. The third-order valence-corrected chi connectivity index (χ3v) is 14.7. The van der Waals surface area contributed by atoms with Gasteiger partial charge >= 0.3 is 19.8 Å². The molecule has 0 amide bonds. The predicted molar refractivity (Wildman–Crippen MR) is 330 cm³/mol. The zero-order valence-corrected chi connectivity index (χ0v) is 50.8. The number of carbonyl (C=O) groups excluding carboxylic acids is 2. The minimum atomic E-state index is -4.40. The van der Waals surface area contributed by atoms with Gasteiger partial charge in [-0.3, -0.25) is 18.6 Å². The summed E-state index contributed by atoms with van der Waals surface area (Å²) in [6.45, 7) is 3.64. The third-order valence-electron chi connectivity index (χ3n) is 13.8. The molecular formula is C67H120NO8P. The van der Waals surface area contributed by atoms with Crippen molar-refractivity contribution in [2.24, 2.45) is 5.73 Å². The molecule has 446 valence electrons. The summed E-state index contributed by atoms with van der Waals surface area (Å²) in [5.74, 6) is -0.838. The van der Waals surface area contributed by atoms with E-state index < -0.39 is 26.5 Å². The Balaban J connectivity index is 3.93. The van der Waals surface area contributed by atoms with Crippen LogP contribution in [0.1, 0.15) is 296 Å². The lowest BCUT2D eigenvalue weighted by Crippen LogP contribution is -2.29. The van der Waals surface area contributed by atoms with Crippen LogP contribution in [0.15, 0.2) is 85.1 Å². The average molecular weight is 1100 g/mol. The highest BCUT2D eigenvalue weighted by atomic mass is 31.2. The Morgan fingerprint density at radius 1 is 0.403 bits per heavy atom. The van der Waals surface area contributed by atoms with Gasteiger partial charge in [0, 0.05) is 19.4 Å². The number of allylic oxidation sites excluding steroid dienone is 14. The van der Waals surface area contributed by atoms with Crippen molar-refractivity contribution in [3.8, 4) is 0 Å². The maximum absolute atomic E-state index is 12.7. The molecule has 0 fully saturated rings. The second-order valence-electron chi connectivity index (χ2n) is 21.2. The first-order valence-electron chi connectivity index (χ1n) is 32.1. The molecular weight excluding hydrogens is 978 g/mol. The van der Waals surface area contributed by atoms with Gasteiger partial charge < -0.3 is 20.1 Å². The molecule has 0 radical (unpaired) electrons. The summed E-state index contributed by atoms with van der Waals surface area (Å²) in [5.41, 5.74) is 5.39. The summed E-state index contributed by atoms with van der Waals surface area (Å²) in [6.07, 6.45) is 82.3. The van der Waals surface area contributed by atoms with E-state index in [2.05, 4.69) is 98.9 Å². The van der Waals surface area contributed by atoms with Gasteiger partial charge in [-0.1, -0.05) is 279 Å². The van der Waals surface area contributed by atoms with Gasteiger partial charge in [0.25, 0.3) is 0 Å². The number of nitrogens with two attached hydrogens (primary N) is 1. The van der Waals surface area contributed by atoms with Crippen LogP contribution in [0.2, 0.25) is 0 Å². The minimum Gasteiger partial charge on any atom is -0.462 e. The Hall–Kier alpha value is -2.81. The minimum absolute atomic E-state index is 0.0478. The molecule has 77 heavy (non-hydrogen) atoms. The number of hydrogen-bond donors (Lipinski definition) is 2. The van der Waals surface area contributed by atoms with E-state index in [1.54, 1.807) is 0 Å². The van der Waals surface area contributed by atoms with Gasteiger partial charge in [-0.2, -0.15) is 0 Å². The van der Waals surface area contributed by atoms with E-state index >= 15 is 0 Å². The van der Waals surface area contributed by atoms with Crippen LogP contribution in [0, 0.1) is 0 Å². The molecule has 0 aliphatic carbocycles. The van der Waals surface area contributed by atoms with Crippen LogP contribution in [0.5, 0.6) is 0 Å². The van der Waals surface area contributed by atoms with E-state index in [4.69, 9.17) is 24.3 Å². The first-order chi connectivity index (χ1) is 37.8. The molecule has 3 N–H and O–H groups in total. The van der Waals surface area contributed by atoms with Gasteiger partial charge in [-0.05, 0) is 89.9 Å². The van der Waals surface area contributed by atoms with Crippen molar-refractivity contribution in [1.29, 1.82) is 0 Å². The maximum atomic E-state index is 12.7. The fourth-order valence-electron chi connectivity index (χ4n) is 9.05. The van der Waals surface area contributed by atoms with Crippen LogP contribution in [0.4, 0.5) is 0 Å². The van der Waals surface area contributed by atoms with Gasteiger partial charge in [0.05, 0.1) is 13.2 Å². The standard InChI is InChI=1S/C67H120NO8P/c1-3-5-7-9-11-13-15-17-19-21-23-25-27-29-30-31-32-33-34-36-37-39-41-43-45-47-49-51-53-55-57-59-66(69)73-63-65(64-75-77(71,72)74-62-61-68)76-67(70)60-58-56-54-52-50-48-46-44-42-40-38-35-28-26-24-22-20-18-16-14-12-10-8-6-4-2/h6,8,12,14,18,20-21,23-24,26,35,38,42,44,65H,3-5,7,9-11,13,15-17,19,22,25,27-34,36-37,39-41,43,45-64,68H2,1-2H3,(H,71,72)/b8-6-,14-12-,20-18-,23-21-,26-24-,38-35-,44-42-. The molecule has 0 aliphatic heterocycles. The maximum Gasteiger partial charge on any atom is 0.472 e. The molecule has 10 heteroatoms. The Bertz CT molecular complexity index is 1530. The van der Waals surface area contributed by atoms with E-state index in [0.717, 1.165) is 96.3 Å². The fourth-order valence-corrected chi connectivity index (χ4v) is 9.81. The normalized spacial score (nSPS) is 13.6. The van der Waals surface area contributed by atoms with Crippen LogP contribution in [-0.2, 0) is 32.7 Å². The topological polar surface area (TPSA) is 134 Å². The smallest absolute Gasteiger partial charge is 0.462 e. The van der Waals surface area contributed by atoms with Crippen LogP contribution < -0.4 is 5.73 Å². The number of rotatable bonds is 60. The van der Waals surface area contributed by atoms with Crippen molar-refractivity contribution in [2.45, 2.75) is 302 Å². The number of unbranched alkanes of at least 4 members (excludes halogenated alkanes) is 33. The highest BCUT2D eigenvalue weighted by molar-refractivity contribution is 7.47. The Morgan fingerprint density at radius 3 is 1.08 bits per heavy atom. The lowest BCUT2D eigenvalue weighted by molar-refractivity contribution is -0.161. The number of hydrogen-bond acceptors (Lipinski definition) is 8. The van der Waals surface area contributed by atoms with Crippen molar-refractivity contribution in [3.63, 3.8) is 0 Å². The molecule has 0 aromatic carbocycles. The van der Waals surface area contributed by atoms with Crippen molar-refractivity contribution in [3.05, 3.63) is 85.1 Å². The quantitative estimate of drug-likeness (QED) is 0.0264. The first kappa shape index (κ1) is 74.2. The highest BCUT2D eigenvalue weighted by Crippen LogP contribution is 2.43. The van der Waals surface area contributed by atoms with Crippen molar-refractivity contribution < 1.29 is 37.6 Å². The number of phosphoric ester groups is 1. The van der Waals surface area contributed by atoms with E-state index in [0.29, 0.717) is 6.42 Å². The molecule has 0 rings (SSSR count). The molecule has 0 saturated heterocycles. The van der Waals surface area contributed by atoms with E-state index in [1.807, 2.05) is 0 Å².